The quantitative estimate of drug-likeness (QED) is 0.667. The van der Waals surface area contributed by atoms with E-state index in [1.807, 2.05) is 0 Å². The summed E-state index contributed by atoms with van der Waals surface area (Å²) < 4.78 is 27.8. The third kappa shape index (κ3) is 4.54. The molecule has 2 aliphatic rings. The predicted octanol–water partition coefficient (Wildman–Crippen LogP) is -0.657. The molecule has 0 aromatic carbocycles. The Kier molecular flexibility index (Phi) is 4.78. The lowest BCUT2D eigenvalue weighted by molar-refractivity contribution is 0.0384. The molecule has 6 heteroatoms. The molecule has 0 spiro atoms. The van der Waals surface area contributed by atoms with Gasteiger partial charge in [0.05, 0.1) is 24.7 Å². The van der Waals surface area contributed by atoms with Gasteiger partial charge in [-0.1, -0.05) is 0 Å². The maximum Gasteiger partial charge on any atom is 0.150 e. The molecule has 2 fully saturated rings. The van der Waals surface area contributed by atoms with Crippen molar-refractivity contribution in [3.63, 3.8) is 0 Å². The first-order valence-corrected chi connectivity index (χ1v) is 8.19. The van der Waals surface area contributed by atoms with Crippen molar-refractivity contribution >= 4 is 9.84 Å². The second kappa shape index (κ2) is 6.13. The molecule has 0 amide bonds. The van der Waals surface area contributed by atoms with E-state index in [-0.39, 0.29) is 0 Å². The van der Waals surface area contributed by atoms with Crippen molar-refractivity contribution in [1.29, 1.82) is 0 Å². The Morgan fingerprint density at radius 3 is 2.71 bits per heavy atom. The van der Waals surface area contributed by atoms with E-state index in [1.54, 1.807) is 0 Å². The zero-order valence-corrected chi connectivity index (χ0v) is 11.0. The van der Waals surface area contributed by atoms with E-state index in [2.05, 4.69) is 10.2 Å². The third-order valence-corrected chi connectivity index (χ3v) is 5.31. The average Bonchev–Trinajstić information content (AvgIpc) is 2.66. The maximum atomic E-state index is 11.3. The molecule has 0 aromatic rings. The second-order valence-corrected chi connectivity index (χ2v) is 7.16. The minimum Gasteiger partial charge on any atom is -0.379 e. The van der Waals surface area contributed by atoms with Crippen molar-refractivity contribution < 1.29 is 13.2 Å². The van der Waals surface area contributed by atoms with Crippen molar-refractivity contribution in [2.24, 2.45) is 5.92 Å². The van der Waals surface area contributed by atoms with Crippen LogP contribution >= 0.6 is 0 Å². The summed E-state index contributed by atoms with van der Waals surface area (Å²) in [5, 5.41) is 3.37. The minimum absolute atomic E-state index is 0.324. The van der Waals surface area contributed by atoms with Crippen molar-refractivity contribution in [2.75, 3.05) is 57.4 Å². The lowest BCUT2D eigenvalue weighted by atomic mass is 10.1. The van der Waals surface area contributed by atoms with Crippen LogP contribution in [-0.2, 0) is 14.6 Å². The summed E-state index contributed by atoms with van der Waals surface area (Å²) in [5.74, 6) is 1.07. The first-order chi connectivity index (χ1) is 8.16. The molecule has 1 unspecified atom stereocenters. The van der Waals surface area contributed by atoms with Gasteiger partial charge in [0.1, 0.15) is 0 Å². The fraction of sp³-hybridized carbons (Fsp3) is 1.00. The maximum absolute atomic E-state index is 11.3. The average molecular weight is 262 g/mol. The molecular weight excluding hydrogens is 240 g/mol. The Balaban J connectivity index is 1.54. The molecule has 2 heterocycles. The Bertz CT molecular complexity index is 326. The lowest BCUT2D eigenvalue weighted by Crippen LogP contribution is -2.41. The first kappa shape index (κ1) is 13.3. The lowest BCUT2D eigenvalue weighted by Gasteiger charge is -2.26. The molecule has 5 nitrogen and oxygen atoms in total. The molecule has 0 aromatic heterocycles. The monoisotopic (exact) mass is 262 g/mol. The molecule has 2 saturated heterocycles. The second-order valence-electron chi connectivity index (χ2n) is 4.93. The largest absolute Gasteiger partial charge is 0.379 e. The summed E-state index contributed by atoms with van der Waals surface area (Å²) in [6, 6.07) is 0. The molecule has 0 bridgehead atoms. The van der Waals surface area contributed by atoms with Gasteiger partial charge in [-0.3, -0.25) is 4.90 Å². The molecule has 2 rings (SSSR count). The van der Waals surface area contributed by atoms with Crippen LogP contribution in [0.3, 0.4) is 0 Å². The van der Waals surface area contributed by atoms with Gasteiger partial charge < -0.3 is 10.1 Å². The van der Waals surface area contributed by atoms with Crippen LogP contribution in [0.15, 0.2) is 0 Å². The smallest absolute Gasteiger partial charge is 0.150 e. The van der Waals surface area contributed by atoms with Crippen LogP contribution in [0.5, 0.6) is 0 Å². The van der Waals surface area contributed by atoms with E-state index in [1.165, 1.54) is 0 Å². The number of morpholine rings is 1. The number of nitrogens with one attached hydrogen (secondary N) is 1. The zero-order valence-electron chi connectivity index (χ0n) is 10.2. The van der Waals surface area contributed by atoms with Crippen LogP contribution in [-0.4, -0.2) is 70.8 Å². The number of sulfone groups is 1. The van der Waals surface area contributed by atoms with E-state index >= 15 is 0 Å². The number of hydrogen-bond acceptors (Lipinski definition) is 5. The van der Waals surface area contributed by atoms with Gasteiger partial charge in [0.15, 0.2) is 9.84 Å². The van der Waals surface area contributed by atoms with Crippen molar-refractivity contribution in [3.05, 3.63) is 0 Å². The van der Waals surface area contributed by atoms with E-state index in [9.17, 15) is 8.42 Å². The Labute approximate surface area is 103 Å². The summed E-state index contributed by atoms with van der Waals surface area (Å²) in [7, 11) is -2.72. The van der Waals surface area contributed by atoms with Crippen molar-refractivity contribution in [2.45, 2.75) is 6.42 Å². The van der Waals surface area contributed by atoms with Gasteiger partial charge in [-0.2, -0.15) is 0 Å². The summed E-state index contributed by atoms with van der Waals surface area (Å²) in [4.78, 5) is 2.38. The van der Waals surface area contributed by atoms with Gasteiger partial charge >= 0.3 is 0 Å². The molecule has 100 valence electrons. The topological polar surface area (TPSA) is 58.6 Å². The van der Waals surface area contributed by atoms with Crippen LogP contribution < -0.4 is 5.32 Å². The van der Waals surface area contributed by atoms with E-state index in [0.717, 1.165) is 52.4 Å². The molecular formula is C11H22N2O3S. The van der Waals surface area contributed by atoms with Crippen LogP contribution in [0.2, 0.25) is 0 Å². The van der Waals surface area contributed by atoms with Gasteiger partial charge in [0.25, 0.3) is 0 Å². The van der Waals surface area contributed by atoms with Gasteiger partial charge in [-0.05, 0) is 18.9 Å². The number of ether oxygens (including phenoxy) is 1. The van der Waals surface area contributed by atoms with Crippen LogP contribution in [0.1, 0.15) is 6.42 Å². The summed E-state index contributed by atoms with van der Waals surface area (Å²) in [6.07, 6.45) is 0.826. The highest BCUT2D eigenvalue weighted by Crippen LogP contribution is 2.17. The Morgan fingerprint density at radius 2 is 2.06 bits per heavy atom. The third-order valence-electron chi connectivity index (χ3n) is 3.47. The highest BCUT2D eigenvalue weighted by molar-refractivity contribution is 7.91. The van der Waals surface area contributed by atoms with Gasteiger partial charge in [0.2, 0.25) is 0 Å². The fourth-order valence-electron chi connectivity index (χ4n) is 2.40. The zero-order chi connectivity index (χ0) is 12.1. The van der Waals surface area contributed by atoms with E-state index in [4.69, 9.17) is 4.74 Å². The molecule has 0 saturated carbocycles. The van der Waals surface area contributed by atoms with E-state index < -0.39 is 9.84 Å². The Hall–Kier alpha value is -0.170. The molecule has 1 atom stereocenters. The van der Waals surface area contributed by atoms with Crippen LogP contribution in [0.4, 0.5) is 0 Å². The molecule has 17 heavy (non-hydrogen) atoms. The van der Waals surface area contributed by atoms with Crippen LogP contribution in [0.25, 0.3) is 0 Å². The van der Waals surface area contributed by atoms with Crippen LogP contribution in [0, 0.1) is 5.92 Å². The summed E-state index contributed by atoms with van der Waals surface area (Å²) in [5.41, 5.74) is 0. The minimum atomic E-state index is -2.72. The molecule has 0 radical (unpaired) electrons. The standard InChI is InChI=1S/C11H22N2O3S/c14-17(15)8-1-11(10-17)9-12-2-3-13-4-6-16-7-5-13/h11-12H,1-10H2. The Morgan fingerprint density at radius 1 is 1.29 bits per heavy atom. The van der Waals surface area contributed by atoms with Crippen molar-refractivity contribution in [1.82, 2.24) is 10.2 Å². The number of rotatable bonds is 5. The van der Waals surface area contributed by atoms with Gasteiger partial charge in [-0.15, -0.1) is 0 Å². The van der Waals surface area contributed by atoms with Gasteiger partial charge in [0, 0.05) is 26.2 Å². The molecule has 0 aliphatic carbocycles. The SMILES string of the molecule is O=S1(=O)CCC(CNCCN2CCOCC2)C1. The summed E-state index contributed by atoms with van der Waals surface area (Å²) >= 11 is 0. The molecule has 2 aliphatic heterocycles. The number of nitrogens with zero attached hydrogens (tertiary/aromatic N) is 1. The first-order valence-electron chi connectivity index (χ1n) is 6.37. The highest BCUT2D eigenvalue weighted by Gasteiger charge is 2.27. The predicted molar refractivity (Wildman–Crippen MR) is 66.9 cm³/mol. The van der Waals surface area contributed by atoms with Crippen molar-refractivity contribution in [3.8, 4) is 0 Å². The number of hydrogen-bond donors (Lipinski definition) is 1. The van der Waals surface area contributed by atoms with E-state index in [0.29, 0.717) is 17.4 Å². The van der Waals surface area contributed by atoms with Gasteiger partial charge in [-0.25, -0.2) is 8.42 Å². The summed E-state index contributed by atoms with van der Waals surface area (Å²) in [6.45, 7) is 6.50. The highest BCUT2D eigenvalue weighted by atomic mass is 32.2. The molecule has 1 N–H and O–H groups in total. The fourth-order valence-corrected chi connectivity index (χ4v) is 4.26. The normalized spacial score (nSPS) is 29.5.